The molecule has 0 aliphatic heterocycles. The van der Waals surface area contributed by atoms with Gasteiger partial charge in [0, 0.05) is 11.9 Å². The number of anilines is 1. The van der Waals surface area contributed by atoms with E-state index in [9.17, 15) is 4.79 Å². The number of amides is 1. The molecule has 19 heavy (non-hydrogen) atoms. The fourth-order valence-electron chi connectivity index (χ4n) is 1.78. The second-order valence-corrected chi connectivity index (χ2v) is 5.86. The van der Waals surface area contributed by atoms with Crippen molar-refractivity contribution in [2.24, 2.45) is 5.41 Å². The van der Waals surface area contributed by atoms with Crippen LogP contribution in [0.3, 0.4) is 0 Å². The quantitative estimate of drug-likeness (QED) is 0.869. The van der Waals surface area contributed by atoms with Crippen LogP contribution in [0.25, 0.3) is 10.8 Å². The average Bonchev–Trinajstić information content (AvgIpc) is 2.35. The fraction of sp³-hybridized carbons (Fsp3) is 0.333. The lowest BCUT2D eigenvalue weighted by atomic mass is 9.97. The third-order valence-corrected chi connectivity index (χ3v) is 2.78. The van der Waals surface area contributed by atoms with Crippen molar-refractivity contribution in [1.29, 1.82) is 0 Å². The van der Waals surface area contributed by atoms with Crippen LogP contribution in [0.1, 0.15) is 31.3 Å². The molecule has 0 radical (unpaired) electrons. The zero-order valence-electron chi connectivity index (χ0n) is 11.5. The van der Waals surface area contributed by atoms with Crippen LogP contribution >= 0.6 is 0 Å². The van der Waals surface area contributed by atoms with Gasteiger partial charge in [0.25, 0.3) is 5.91 Å². The number of hydrogen-bond acceptors (Lipinski definition) is 3. The van der Waals surface area contributed by atoms with Crippen molar-refractivity contribution >= 4 is 22.5 Å². The second kappa shape index (κ2) is 4.88. The van der Waals surface area contributed by atoms with Gasteiger partial charge in [-0.1, -0.05) is 45.0 Å². The van der Waals surface area contributed by atoms with Crippen LogP contribution in [-0.2, 0) is 0 Å². The maximum absolute atomic E-state index is 12.1. The van der Waals surface area contributed by atoms with Gasteiger partial charge in [-0.3, -0.25) is 4.79 Å². The number of benzene rings is 1. The lowest BCUT2D eigenvalue weighted by Gasteiger charge is -2.18. The highest BCUT2D eigenvalue weighted by Crippen LogP contribution is 2.20. The molecule has 0 saturated carbocycles. The highest BCUT2D eigenvalue weighted by atomic mass is 16.1. The third-order valence-electron chi connectivity index (χ3n) is 2.78. The van der Waals surface area contributed by atoms with E-state index >= 15 is 0 Å². The van der Waals surface area contributed by atoms with E-state index < -0.39 is 0 Å². The van der Waals surface area contributed by atoms with Crippen LogP contribution < -0.4 is 11.1 Å². The molecule has 4 heteroatoms. The summed E-state index contributed by atoms with van der Waals surface area (Å²) >= 11 is 0. The minimum absolute atomic E-state index is 0.0397. The second-order valence-electron chi connectivity index (χ2n) is 5.86. The number of rotatable bonds is 2. The van der Waals surface area contributed by atoms with Gasteiger partial charge >= 0.3 is 0 Å². The Morgan fingerprint density at radius 3 is 2.68 bits per heavy atom. The molecular formula is C15H19N3O. The molecule has 0 atom stereocenters. The van der Waals surface area contributed by atoms with Crippen LogP contribution in [-0.4, -0.2) is 17.4 Å². The van der Waals surface area contributed by atoms with Crippen LogP contribution in [0.15, 0.2) is 30.3 Å². The fourth-order valence-corrected chi connectivity index (χ4v) is 1.78. The third kappa shape index (κ3) is 3.22. The van der Waals surface area contributed by atoms with E-state index in [2.05, 4.69) is 31.1 Å². The molecule has 0 saturated heterocycles. The largest absolute Gasteiger partial charge is 0.383 e. The zero-order chi connectivity index (χ0) is 14.0. The number of hydrogen-bond donors (Lipinski definition) is 2. The van der Waals surface area contributed by atoms with Crippen LogP contribution in [0.4, 0.5) is 5.82 Å². The Hall–Kier alpha value is -2.10. The summed E-state index contributed by atoms with van der Waals surface area (Å²) in [5.41, 5.74) is 6.29. The Bertz CT molecular complexity index is 614. The number of nitrogen functional groups attached to an aromatic ring is 1. The zero-order valence-corrected chi connectivity index (χ0v) is 11.5. The Morgan fingerprint density at radius 2 is 2.00 bits per heavy atom. The molecule has 2 rings (SSSR count). The molecule has 1 heterocycles. The lowest BCUT2D eigenvalue weighted by molar-refractivity contribution is 0.0934. The SMILES string of the molecule is CC(C)(C)CNC(=O)c1cc2ccccc2c(N)n1. The number of carbonyl (C=O) groups is 1. The van der Waals surface area contributed by atoms with Gasteiger partial charge < -0.3 is 11.1 Å². The van der Waals surface area contributed by atoms with Gasteiger partial charge in [0.05, 0.1) is 0 Å². The molecule has 0 aliphatic rings. The molecular weight excluding hydrogens is 238 g/mol. The molecule has 2 aromatic rings. The summed E-state index contributed by atoms with van der Waals surface area (Å²) < 4.78 is 0. The maximum Gasteiger partial charge on any atom is 0.270 e. The predicted octanol–water partition coefficient (Wildman–Crippen LogP) is 2.59. The van der Waals surface area contributed by atoms with Crippen molar-refractivity contribution in [3.8, 4) is 0 Å². The highest BCUT2D eigenvalue weighted by Gasteiger charge is 2.15. The number of fused-ring (bicyclic) bond motifs is 1. The summed E-state index contributed by atoms with van der Waals surface area (Å²) in [6, 6.07) is 9.41. The van der Waals surface area contributed by atoms with Gasteiger partial charge in [0.2, 0.25) is 0 Å². The maximum atomic E-state index is 12.1. The number of aromatic nitrogens is 1. The molecule has 1 aromatic heterocycles. The van der Waals surface area contributed by atoms with E-state index in [1.165, 1.54) is 0 Å². The highest BCUT2D eigenvalue weighted by molar-refractivity contribution is 5.99. The molecule has 0 bridgehead atoms. The van der Waals surface area contributed by atoms with E-state index in [0.29, 0.717) is 18.1 Å². The molecule has 100 valence electrons. The normalized spacial score (nSPS) is 11.5. The standard InChI is InChI=1S/C15H19N3O/c1-15(2,3)9-17-14(19)12-8-10-6-4-5-7-11(10)13(16)18-12/h4-8H,9H2,1-3H3,(H2,16,18)(H,17,19). The van der Waals surface area contributed by atoms with E-state index in [-0.39, 0.29) is 11.3 Å². The predicted molar refractivity (Wildman–Crippen MR) is 77.9 cm³/mol. The van der Waals surface area contributed by atoms with Gasteiger partial charge in [-0.2, -0.15) is 0 Å². The molecule has 3 N–H and O–H groups in total. The van der Waals surface area contributed by atoms with Gasteiger partial charge in [-0.15, -0.1) is 0 Å². The Morgan fingerprint density at radius 1 is 1.32 bits per heavy atom. The summed E-state index contributed by atoms with van der Waals surface area (Å²) in [6.45, 7) is 6.79. The van der Waals surface area contributed by atoms with Gasteiger partial charge in [-0.25, -0.2) is 4.98 Å². The van der Waals surface area contributed by atoms with Crippen molar-refractivity contribution < 1.29 is 4.79 Å². The number of nitrogens with one attached hydrogen (secondary N) is 1. The van der Waals surface area contributed by atoms with Crippen LogP contribution in [0.2, 0.25) is 0 Å². The molecule has 0 unspecified atom stereocenters. The van der Waals surface area contributed by atoms with Gasteiger partial charge in [0.15, 0.2) is 0 Å². The van der Waals surface area contributed by atoms with E-state index in [1.54, 1.807) is 6.07 Å². The summed E-state index contributed by atoms with van der Waals surface area (Å²) in [5, 5.41) is 4.67. The smallest absolute Gasteiger partial charge is 0.270 e. The van der Waals surface area contributed by atoms with E-state index in [0.717, 1.165) is 10.8 Å². The summed E-state index contributed by atoms with van der Waals surface area (Å²) in [7, 11) is 0. The molecule has 0 fully saturated rings. The first-order valence-corrected chi connectivity index (χ1v) is 6.30. The van der Waals surface area contributed by atoms with Crippen LogP contribution in [0.5, 0.6) is 0 Å². The number of pyridine rings is 1. The minimum Gasteiger partial charge on any atom is -0.383 e. The van der Waals surface area contributed by atoms with Crippen molar-refractivity contribution in [2.75, 3.05) is 12.3 Å². The summed E-state index contributed by atoms with van der Waals surface area (Å²) in [6.07, 6.45) is 0. The molecule has 4 nitrogen and oxygen atoms in total. The van der Waals surface area contributed by atoms with Crippen molar-refractivity contribution in [2.45, 2.75) is 20.8 Å². The average molecular weight is 257 g/mol. The number of carbonyl (C=O) groups excluding carboxylic acids is 1. The molecule has 1 amide bonds. The Kier molecular flexibility index (Phi) is 3.42. The minimum atomic E-state index is -0.188. The Labute approximate surface area is 113 Å². The summed E-state index contributed by atoms with van der Waals surface area (Å²) in [5.74, 6) is 0.200. The number of nitrogens with two attached hydrogens (primary N) is 1. The lowest BCUT2D eigenvalue weighted by Crippen LogP contribution is -2.32. The number of nitrogens with zero attached hydrogens (tertiary/aromatic N) is 1. The van der Waals surface area contributed by atoms with Crippen molar-refractivity contribution in [3.05, 3.63) is 36.0 Å². The monoisotopic (exact) mass is 257 g/mol. The topological polar surface area (TPSA) is 68.0 Å². The summed E-state index contributed by atoms with van der Waals surface area (Å²) in [4.78, 5) is 16.2. The molecule has 0 aliphatic carbocycles. The van der Waals surface area contributed by atoms with Crippen LogP contribution in [0, 0.1) is 5.41 Å². The first-order valence-electron chi connectivity index (χ1n) is 6.30. The van der Waals surface area contributed by atoms with Crippen molar-refractivity contribution in [1.82, 2.24) is 10.3 Å². The van der Waals surface area contributed by atoms with Gasteiger partial charge in [-0.05, 0) is 16.9 Å². The molecule has 0 spiro atoms. The Balaban J connectivity index is 2.28. The van der Waals surface area contributed by atoms with Gasteiger partial charge in [0.1, 0.15) is 11.5 Å². The van der Waals surface area contributed by atoms with E-state index in [1.807, 2.05) is 24.3 Å². The van der Waals surface area contributed by atoms with Crippen molar-refractivity contribution in [3.63, 3.8) is 0 Å². The molecule has 1 aromatic carbocycles. The first-order chi connectivity index (χ1) is 8.87. The van der Waals surface area contributed by atoms with E-state index in [4.69, 9.17) is 5.73 Å². The first kappa shape index (κ1) is 13.3.